The second kappa shape index (κ2) is 5.58. The van der Waals surface area contributed by atoms with E-state index in [1.807, 2.05) is 0 Å². The first-order valence-corrected chi connectivity index (χ1v) is 5.18. The largest absolute Gasteiger partial charge is 0.380 e. The van der Waals surface area contributed by atoms with Gasteiger partial charge in [-0.15, -0.1) is 0 Å². The van der Waals surface area contributed by atoms with Gasteiger partial charge in [-0.2, -0.15) is 0 Å². The van der Waals surface area contributed by atoms with E-state index in [-0.39, 0.29) is 0 Å². The molecule has 0 spiro atoms. The van der Waals surface area contributed by atoms with E-state index in [4.69, 9.17) is 4.74 Å². The normalized spacial score (nSPS) is 23.3. The molecule has 0 saturated carbocycles. The second-order valence-corrected chi connectivity index (χ2v) is 3.91. The van der Waals surface area contributed by atoms with Gasteiger partial charge in [-0.1, -0.05) is 0 Å². The van der Waals surface area contributed by atoms with Gasteiger partial charge in [0.25, 0.3) is 0 Å². The molecule has 0 aromatic carbocycles. The molecule has 1 aliphatic heterocycles. The standard InChI is InChI=1S/C10H22N2O/c1-9(13-3)8-12-6-4-10(11-2)5-7-12/h9-11H,4-8H2,1-3H3. The van der Waals surface area contributed by atoms with Crippen molar-refractivity contribution < 1.29 is 4.74 Å². The zero-order valence-corrected chi connectivity index (χ0v) is 9.05. The van der Waals surface area contributed by atoms with Crippen LogP contribution in [0.4, 0.5) is 0 Å². The molecular weight excluding hydrogens is 164 g/mol. The van der Waals surface area contributed by atoms with Crippen LogP contribution >= 0.6 is 0 Å². The number of hydrogen-bond acceptors (Lipinski definition) is 3. The second-order valence-electron chi connectivity index (χ2n) is 3.91. The van der Waals surface area contributed by atoms with Crippen LogP contribution in [0.5, 0.6) is 0 Å². The molecule has 3 heteroatoms. The van der Waals surface area contributed by atoms with Gasteiger partial charge in [-0.3, -0.25) is 0 Å². The minimum absolute atomic E-state index is 0.367. The van der Waals surface area contributed by atoms with Crippen LogP contribution in [0.3, 0.4) is 0 Å². The molecule has 0 amide bonds. The van der Waals surface area contributed by atoms with E-state index < -0.39 is 0 Å². The smallest absolute Gasteiger partial charge is 0.0670 e. The fourth-order valence-electron chi connectivity index (χ4n) is 1.84. The summed E-state index contributed by atoms with van der Waals surface area (Å²) < 4.78 is 5.25. The van der Waals surface area contributed by atoms with E-state index in [1.165, 1.54) is 25.9 Å². The van der Waals surface area contributed by atoms with Crippen molar-refractivity contribution in [1.82, 2.24) is 10.2 Å². The van der Waals surface area contributed by atoms with Crippen molar-refractivity contribution in [2.24, 2.45) is 0 Å². The molecule has 1 aliphatic rings. The number of nitrogens with one attached hydrogen (secondary N) is 1. The van der Waals surface area contributed by atoms with Crippen molar-refractivity contribution in [2.75, 3.05) is 33.8 Å². The molecule has 1 saturated heterocycles. The summed E-state index contributed by atoms with van der Waals surface area (Å²) in [6.45, 7) is 5.62. The van der Waals surface area contributed by atoms with Gasteiger partial charge in [0.1, 0.15) is 0 Å². The van der Waals surface area contributed by atoms with E-state index in [0.717, 1.165) is 12.6 Å². The van der Waals surface area contributed by atoms with Gasteiger partial charge in [0.15, 0.2) is 0 Å². The maximum absolute atomic E-state index is 5.25. The van der Waals surface area contributed by atoms with E-state index in [2.05, 4.69) is 24.2 Å². The fraction of sp³-hybridized carbons (Fsp3) is 1.00. The van der Waals surface area contributed by atoms with Gasteiger partial charge >= 0.3 is 0 Å². The highest BCUT2D eigenvalue weighted by Crippen LogP contribution is 2.10. The first kappa shape index (κ1) is 11.0. The molecule has 1 atom stereocenters. The van der Waals surface area contributed by atoms with Crippen molar-refractivity contribution in [3.63, 3.8) is 0 Å². The lowest BCUT2D eigenvalue weighted by Crippen LogP contribution is -2.43. The summed E-state index contributed by atoms with van der Waals surface area (Å²) in [5.74, 6) is 0. The Hall–Kier alpha value is -0.120. The number of piperidine rings is 1. The molecule has 1 heterocycles. The predicted molar refractivity (Wildman–Crippen MR) is 55.0 cm³/mol. The van der Waals surface area contributed by atoms with Crippen LogP contribution in [0.2, 0.25) is 0 Å². The number of methoxy groups -OCH3 is 1. The molecule has 0 radical (unpaired) electrons. The van der Waals surface area contributed by atoms with Crippen molar-refractivity contribution in [2.45, 2.75) is 31.9 Å². The van der Waals surface area contributed by atoms with Gasteiger partial charge < -0.3 is 15.0 Å². The number of rotatable bonds is 4. The third-order valence-corrected chi connectivity index (χ3v) is 2.91. The van der Waals surface area contributed by atoms with E-state index in [0.29, 0.717) is 6.10 Å². The Kier molecular flexibility index (Phi) is 4.70. The topological polar surface area (TPSA) is 24.5 Å². The minimum Gasteiger partial charge on any atom is -0.380 e. The molecule has 1 fully saturated rings. The Morgan fingerprint density at radius 2 is 2.08 bits per heavy atom. The number of likely N-dealkylation sites (tertiary alicyclic amines) is 1. The molecule has 0 aromatic heterocycles. The molecule has 78 valence electrons. The highest BCUT2D eigenvalue weighted by Gasteiger charge is 2.18. The summed E-state index contributed by atoms with van der Waals surface area (Å²) in [5.41, 5.74) is 0. The van der Waals surface area contributed by atoms with Crippen LogP contribution < -0.4 is 5.32 Å². The Bertz CT molecular complexity index is 133. The van der Waals surface area contributed by atoms with E-state index in [9.17, 15) is 0 Å². The highest BCUT2D eigenvalue weighted by atomic mass is 16.5. The monoisotopic (exact) mass is 186 g/mol. The third kappa shape index (κ3) is 3.63. The van der Waals surface area contributed by atoms with E-state index >= 15 is 0 Å². The lowest BCUT2D eigenvalue weighted by molar-refractivity contribution is 0.0662. The highest BCUT2D eigenvalue weighted by molar-refractivity contribution is 4.76. The zero-order chi connectivity index (χ0) is 9.68. The van der Waals surface area contributed by atoms with Gasteiger partial charge in [0.05, 0.1) is 6.10 Å². The molecule has 1 unspecified atom stereocenters. The average molecular weight is 186 g/mol. The summed E-state index contributed by atoms with van der Waals surface area (Å²) >= 11 is 0. The SMILES string of the molecule is CNC1CCN(CC(C)OC)CC1. The number of ether oxygens (including phenoxy) is 1. The van der Waals surface area contributed by atoms with Gasteiger partial charge in [0, 0.05) is 19.7 Å². The molecule has 1 N–H and O–H groups in total. The zero-order valence-electron chi connectivity index (χ0n) is 9.05. The fourth-order valence-corrected chi connectivity index (χ4v) is 1.84. The first-order valence-electron chi connectivity index (χ1n) is 5.18. The number of nitrogens with zero attached hydrogens (tertiary/aromatic N) is 1. The summed E-state index contributed by atoms with van der Waals surface area (Å²) in [5, 5.41) is 3.33. The lowest BCUT2D eigenvalue weighted by Gasteiger charge is -2.32. The van der Waals surface area contributed by atoms with Crippen LogP contribution in [0, 0.1) is 0 Å². The first-order chi connectivity index (χ1) is 6.26. The van der Waals surface area contributed by atoms with Crippen molar-refractivity contribution in [3.8, 4) is 0 Å². The Morgan fingerprint density at radius 1 is 1.46 bits per heavy atom. The maximum Gasteiger partial charge on any atom is 0.0670 e. The Labute approximate surface area is 81.4 Å². The Morgan fingerprint density at radius 3 is 2.54 bits per heavy atom. The summed E-state index contributed by atoms with van der Waals surface area (Å²) in [7, 11) is 3.84. The van der Waals surface area contributed by atoms with Crippen LogP contribution in [-0.4, -0.2) is 50.8 Å². The molecule has 0 bridgehead atoms. The van der Waals surface area contributed by atoms with Gasteiger partial charge in [-0.05, 0) is 39.9 Å². The summed E-state index contributed by atoms with van der Waals surface area (Å²) in [4.78, 5) is 2.49. The van der Waals surface area contributed by atoms with Crippen LogP contribution in [-0.2, 0) is 4.74 Å². The molecule has 1 rings (SSSR count). The molecular formula is C10H22N2O. The lowest BCUT2D eigenvalue weighted by atomic mass is 10.1. The van der Waals surface area contributed by atoms with Crippen molar-refractivity contribution in [3.05, 3.63) is 0 Å². The van der Waals surface area contributed by atoms with Gasteiger partial charge in [-0.25, -0.2) is 0 Å². The molecule has 0 aromatic rings. The quantitative estimate of drug-likeness (QED) is 0.699. The minimum atomic E-state index is 0.367. The molecule has 3 nitrogen and oxygen atoms in total. The summed E-state index contributed by atoms with van der Waals surface area (Å²) in [6.07, 6.45) is 2.91. The van der Waals surface area contributed by atoms with Crippen LogP contribution in [0.1, 0.15) is 19.8 Å². The Balaban J connectivity index is 2.17. The summed E-state index contributed by atoms with van der Waals surface area (Å²) in [6, 6.07) is 0.731. The van der Waals surface area contributed by atoms with Crippen molar-refractivity contribution in [1.29, 1.82) is 0 Å². The van der Waals surface area contributed by atoms with Crippen molar-refractivity contribution >= 4 is 0 Å². The maximum atomic E-state index is 5.25. The number of hydrogen-bond donors (Lipinski definition) is 1. The third-order valence-electron chi connectivity index (χ3n) is 2.91. The van der Waals surface area contributed by atoms with E-state index in [1.54, 1.807) is 7.11 Å². The van der Waals surface area contributed by atoms with Crippen LogP contribution in [0.25, 0.3) is 0 Å². The van der Waals surface area contributed by atoms with Crippen LogP contribution in [0.15, 0.2) is 0 Å². The molecule has 13 heavy (non-hydrogen) atoms. The molecule has 0 aliphatic carbocycles. The predicted octanol–water partition coefficient (Wildman–Crippen LogP) is 0.705. The average Bonchev–Trinajstić information content (AvgIpc) is 2.19. The van der Waals surface area contributed by atoms with Gasteiger partial charge in [0.2, 0.25) is 0 Å².